The minimum Gasteiger partial charge on any atom is -0.394 e. The maximum Gasteiger partial charge on any atom is 0.0955 e. The molecule has 1 saturated heterocycles. The molecule has 0 aliphatic carbocycles. The Morgan fingerprint density at radius 1 is 1.24 bits per heavy atom. The van der Waals surface area contributed by atoms with Crippen LogP contribution in [0.2, 0.25) is 0 Å². The zero-order valence-corrected chi connectivity index (χ0v) is 15.7. The number of ether oxygens (including phenoxy) is 1. The third kappa shape index (κ3) is 3.94. The maximum absolute atomic E-state index is 9.18. The molecule has 1 unspecified atom stereocenters. The van der Waals surface area contributed by atoms with Gasteiger partial charge in [-0.15, -0.1) is 0 Å². The topological polar surface area (TPSA) is 50.5 Å². The lowest BCUT2D eigenvalue weighted by Gasteiger charge is -2.34. The minimum atomic E-state index is 0.119. The Labute approximate surface area is 150 Å². The Bertz CT molecular complexity index is 739. The first-order valence-corrected chi connectivity index (χ1v) is 9.04. The number of aryl methyl sites for hydroxylation is 3. The van der Waals surface area contributed by atoms with Crippen LogP contribution in [0, 0.1) is 27.7 Å². The highest BCUT2D eigenvalue weighted by Gasteiger charge is 2.25. The number of hydrogen-bond donors (Lipinski definition) is 1. The van der Waals surface area contributed by atoms with Gasteiger partial charge in [-0.25, -0.2) is 0 Å². The van der Waals surface area contributed by atoms with E-state index in [1.54, 1.807) is 0 Å². The van der Waals surface area contributed by atoms with Gasteiger partial charge in [-0.1, -0.05) is 23.8 Å². The smallest absolute Gasteiger partial charge is 0.0955 e. The maximum atomic E-state index is 9.18. The van der Waals surface area contributed by atoms with Crippen molar-refractivity contribution in [3.8, 4) is 0 Å². The van der Waals surface area contributed by atoms with Gasteiger partial charge in [-0.05, 0) is 38.8 Å². The van der Waals surface area contributed by atoms with E-state index in [1.807, 2.05) is 4.68 Å². The molecule has 1 aromatic heterocycles. The summed E-state index contributed by atoms with van der Waals surface area (Å²) in [4.78, 5) is 2.45. The highest BCUT2D eigenvalue weighted by molar-refractivity contribution is 5.32. The molecule has 5 nitrogen and oxygen atoms in total. The lowest BCUT2D eigenvalue weighted by Crippen LogP contribution is -2.38. The molecular weight excluding hydrogens is 314 g/mol. The number of hydrogen-bond acceptors (Lipinski definition) is 4. The average molecular weight is 343 g/mol. The summed E-state index contributed by atoms with van der Waals surface area (Å²) in [5.41, 5.74) is 7.36. The second kappa shape index (κ2) is 7.68. The SMILES string of the molecule is Cc1ccc(C2CN(Cc3c(C)nn(CCO)c3C)CCO2)c(C)c1. The normalized spacial score (nSPS) is 18.7. The van der Waals surface area contributed by atoms with Crippen LogP contribution >= 0.6 is 0 Å². The number of morpholine rings is 1. The molecule has 136 valence electrons. The van der Waals surface area contributed by atoms with Crippen LogP contribution in [-0.2, 0) is 17.8 Å². The third-order valence-electron chi connectivity index (χ3n) is 5.15. The molecule has 1 aliphatic heterocycles. The zero-order chi connectivity index (χ0) is 18.0. The monoisotopic (exact) mass is 343 g/mol. The molecule has 1 atom stereocenters. The van der Waals surface area contributed by atoms with Gasteiger partial charge in [0.2, 0.25) is 0 Å². The Morgan fingerprint density at radius 2 is 2.04 bits per heavy atom. The summed E-state index contributed by atoms with van der Waals surface area (Å²) in [6, 6.07) is 6.59. The molecule has 3 rings (SSSR count). The van der Waals surface area contributed by atoms with E-state index >= 15 is 0 Å². The van der Waals surface area contributed by atoms with Gasteiger partial charge in [0, 0.05) is 30.9 Å². The van der Waals surface area contributed by atoms with Crippen LogP contribution in [-0.4, -0.2) is 46.1 Å². The molecule has 0 amide bonds. The predicted molar refractivity (Wildman–Crippen MR) is 98.7 cm³/mol. The second-order valence-corrected chi connectivity index (χ2v) is 7.05. The van der Waals surface area contributed by atoms with Gasteiger partial charge < -0.3 is 9.84 Å². The molecule has 1 aromatic carbocycles. The van der Waals surface area contributed by atoms with Crippen molar-refractivity contribution in [2.45, 2.75) is 46.9 Å². The van der Waals surface area contributed by atoms with Gasteiger partial charge in [0.05, 0.1) is 31.6 Å². The van der Waals surface area contributed by atoms with Gasteiger partial charge >= 0.3 is 0 Å². The Balaban J connectivity index is 1.74. The Hall–Kier alpha value is -1.69. The van der Waals surface area contributed by atoms with Crippen LogP contribution < -0.4 is 0 Å². The summed E-state index contributed by atoms with van der Waals surface area (Å²) >= 11 is 0. The van der Waals surface area contributed by atoms with Crippen molar-refractivity contribution in [2.24, 2.45) is 0 Å². The van der Waals surface area contributed by atoms with Crippen LogP contribution in [0.1, 0.15) is 39.7 Å². The first kappa shape index (κ1) is 18.1. The quantitative estimate of drug-likeness (QED) is 0.907. The van der Waals surface area contributed by atoms with E-state index in [0.29, 0.717) is 6.54 Å². The van der Waals surface area contributed by atoms with Crippen LogP contribution in [0.25, 0.3) is 0 Å². The largest absolute Gasteiger partial charge is 0.394 e. The number of aliphatic hydroxyl groups is 1. The molecule has 1 fully saturated rings. The molecule has 0 bridgehead atoms. The summed E-state index contributed by atoms with van der Waals surface area (Å²) in [5.74, 6) is 0. The number of benzene rings is 1. The van der Waals surface area contributed by atoms with E-state index in [2.05, 4.69) is 55.9 Å². The van der Waals surface area contributed by atoms with Crippen molar-refractivity contribution >= 4 is 0 Å². The number of aliphatic hydroxyl groups excluding tert-OH is 1. The van der Waals surface area contributed by atoms with Gasteiger partial charge in [0.25, 0.3) is 0 Å². The molecule has 0 saturated carbocycles. The van der Waals surface area contributed by atoms with Gasteiger partial charge in [-0.2, -0.15) is 5.10 Å². The average Bonchev–Trinajstić information content (AvgIpc) is 2.83. The van der Waals surface area contributed by atoms with Crippen molar-refractivity contribution in [1.82, 2.24) is 14.7 Å². The van der Waals surface area contributed by atoms with Gasteiger partial charge in [-0.3, -0.25) is 9.58 Å². The summed E-state index contributed by atoms with van der Waals surface area (Å²) in [7, 11) is 0. The molecule has 1 N–H and O–H groups in total. The zero-order valence-electron chi connectivity index (χ0n) is 15.7. The fraction of sp³-hybridized carbons (Fsp3) is 0.550. The van der Waals surface area contributed by atoms with Gasteiger partial charge in [0.15, 0.2) is 0 Å². The van der Waals surface area contributed by atoms with Crippen LogP contribution in [0.3, 0.4) is 0 Å². The summed E-state index contributed by atoms with van der Waals surface area (Å²) in [5, 5.41) is 13.7. The fourth-order valence-electron chi connectivity index (χ4n) is 3.72. The summed E-state index contributed by atoms with van der Waals surface area (Å²) in [6.45, 7) is 12.6. The lowest BCUT2D eigenvalue weighted by atomic mass is 9.99. The number of nitrogens with zero attached hydrogens (tertiary/aromatic N) is 3. The second-order valence-electron chi connectivity index (χ2n) is 7.05. The van der Waals surface area contributed by atoms with Crippen molar-refractivity contribution in [3.05, 3.63) is 51.8 Å². The number of aromatic nitrogens is 2. The van der Waals surface area contributed by atoms with E-state index in [4.69, 9.17) is 4.74 Å². The van der Waals surface area contributed by atoms with Crippen molar-refractivity contribution < 1.29 is 9.84 Å². The molecule has 1 aliphatic rings. The van der Waals surface area contributed by atoms with Crippen LogP contribution in [0.4, 0.5) is 0 Å². The molecule has 0 radical (unpaired) electrons. The summed E-state index contributed by atoms with van der Waals surface area (Å²) in [6.07, 6.45) is 0.127. The molecule has 2 heterocycles. The van der Waals surface area contributed by atoms with Crippen LogP contribution in [0.5, 0.6) is 0 Å². The van der Waals surface area contributed by atoms with Crippen molar-refractivity contribution in [1.29, 1.82) is 0 Å². The molecule has 25 heavy (non-hydrogen) atoms. The van der Waals surface area contributed by atoms with Crippen molar-refractivity contribution in [3.63, 3.8) is 0 Å². The van der Waals surface area contributed by atoms with E-state index < -0.39 is 0 Å². The minimum absolute atomic E-state index is 0.119. The first-order valence-electron chi connectivity index (χ1n) is 9.04. The Kier molecular flexibility index (Phi) is 5.57. The highest BCUT2D eigenvalue weighted by atomic mass is 16.5. The standard InChI is InChI=1S/C20H29N3O2/c1-14-5-6-18(15(2)11-14)20-13-22(8-10-25-20)12-19-16(3)21-23(7-9-24)17(19)4/h5-6,11,20,24H,7-10,12-13H2,1-4H3. The molecule has 0 spiro atoms. The van der Waals surface area contributed by atoms with Crippen LogP contribution in [0.15, 0.2) is 18.2 Å². The van der Waals surface area contributed by atoms with E-state index in [0.717, 1.165) is 37.6 Å². The molecular formula is C20H29N3O2. The van der Waals surface area contributed by atoms with E-state index in [1.165, 1.54) is 22.3 Å². The van der Waals surface area contributed by atoms with Crippen molar-refractivity contribution in [2.75, 3.05) is 26.3 Å². The fourth-order valence-corrected chi connectivity index (χ4v) is 3.72. The number of rotatable bonds is 5. The van der Waals surface area contributed by atoms with Gasteiger partial charge in [0.1, 0.15) is 0 Å². The Morgan fingerprint density at radius 3 is 2.76 bits per heavy atom. The van der Waals surface area contributed by atoms with E-state index in [-0.39, 0.29) is 12.7 Å². The van der Waals surface area contributed by atoms with E-state index in [9.17, 15) is 5.11 Å². The lowest BCUT2D eigenvalue weighted by molar-refractivity contribution is -0.0333. The summed E-state index contributed by atoms with van der Waals surface area (Å²) < 4.78 is 7.97. The predicted octanol–water partition coefficient (Wildman–Crippen LogP) is 2.68. The molecule has 2 aromatic rings. The third-order valence-corrected chi connectivity index (χ3v) is 5.15. The first-order chi connectivity index (χ1) is 12.0. The highest BCUT2D eigenvalue weighted by Crippen LogP contribution is 2.27. The molecule has 5 heteroatoms.